The topological polar surface area (TPSA) is 60.5 Å². The van der Waals surface area contributed by atoms with Crippen LogP contribution in [-0.4, -0.2) is 35.3 Å². The highest BCUT2D eigenvalue weighted by Crippen LogP contribution is 2.40. The maximum Gasteiger partial charge on any atom is 0.351 e. The number of carbonyl (C=O) groups excluding carboxylic acids is 1. The van der Waals surface area contributed by atoms with Crippen LogP contribution in [0.25, 0.3) is 0 Å². The van der Waals surface area contributed by atoms with E-state index in [-0.39, 0.29) is 22.4 Å². The quantitative estimate of drug-likeness (QED) is 0.866. The zero-order chi connectivity index (χ0) is 15.1. The van der Waals surface area contributed by atoms with Gasteiger partial charge in [0.05, 0.1) is 24.4 Å². The number of esters is 1. The lowest BCUT2D eigenvalue weighted by Gasteiger charge is -2.27. The number of hydrogen-bond donors (Lipinski definition) is 1. The van der Waals surface area contributed by atoms with Crippen LogP contribution in [0.5, 0.6) is 0 Å². The lowest BCUT2D eigenvalue weighted by molar-refractivity contribution is -0.0662. The van der Waals surface area contributed by atoms with Gasteiger partial charge in [-0.2, -0.15) is 0 Å². The summed E-state index contributed by atoms with van der Waals surface area (Å²) in [7, 11) is 1.32. The molecule has 0 bridgehead atoms. The van der Waals surface area contributed by atoms with Gasteiger partial charge in [-0.05, 0) is 34.1 Å². The van der Waals surface area contributed by atoms with Crippen molar-refractivity contribution in [3.63, 3.8) is 0 Å². The molecular formula is C13H19ClN2O3S. The Kier molecular flexibility index (Phi) is 4.01. The molecule has 5 nitrogen and oxygen atoms in total. The third-order valence-electron chi connectivity index (χ3n) is 3.33. The standard InChI is InChI=1S/C13H19ClN2O3S/c1-12(2)6-7(13(3,4)19-12)15-11-16-9(14)8(20-11)10(17)18-5/h7H,6H2,1-5H3,(H,15,16). The Labute approximate surface area is 127 Å². The van der Waals surface area contributed by atoms with Crippen LogP contribution in [0.15, 0.2) is 0 Å². The molecule has 1 saturated heterocycles. The summed E-state index contributed by atoms with van der Waals surface area (Å²) in [5, 5.41) is 4.09. The maximum atomic E-state index is 11.5. The van der Waals surface area contributed by atoms with Gasteiger partial charge in [0.15, 0.2) is 15.2 Å². The van der Waals surface area contributed by atoms with Crippen LogP contribution in [0.3, 0.4) is 0 Å². The van der Waals surface area contributed by atoms with Gasteiger partial charge in [0.1, 0.15) is 0 Å². The summed E-state index contributed by atoms with van der Waals surface area (Å²) in [5.41, 5.74) is -0.500. The molecule has 2 rings (SSSR count). The molecule has 1 fully saturated rings. The van der Waals surface area contributed by atoms with E-state index in [4.69, 9.17) is 16.3 Å². The molecule has 2 heterocycles. The molecule has 1 atom stereocenters. The molecule has 1 aromatic rings. The fourth-order valence-corrected chi connectivity index (χ4v) is 3.67. The predicted molar refractivity (Wildman–Crippen MR) is 79.7 cm³/mol. The molecule has 1 unspecified atom stereocenters. The van der Waals surface area contributed by atoms with E-state index >= 15 is 0 Å². The lowest BCUT2D eigenvalue weighted by atomic mass is 9.95. The molecule has 7 heteroatoms. The van der Waals surface area contributed by atoms with Crippen molar-refractivity contribution in [3.05, 3.63) is 10.0 Å². The third-order valence-corrected chi connectivity index (χ3v) is 4.68. The minimum atomic E-state index is -0.470. The van der Waals surface area contributed by atoms with Crippen molar-refractivity contribution in [2.75, 3.05) is 12.4 Å². The number of nitrogens with one attached hydrogen (secondary N) is 1. The highest BCUT2D eigenvalue weighted by Gasteiger charge is 2.46. The van der Waals surface area contributed by atoms with Gasteiger partial charge in [0.25, 0.3) is 0 Å². The van der Waals surface area contributed by atoms with Gasteiger partial charge < -0.3 is 14.8 Å². The molecule has 0 radical (unpaired) electrons. The van der Waals surface area contributed by atoms with Gasteiger partial charge in [0, 0.05) is 0 Å². The number of aromatic nitrogens is 1. The second-order valence-corrected chi connectivity index (χ2v) is 7.35. The van der Waals surface area contributed by atoms with Gasteiger partial charge in [-0.3, -0.25) is 0 Å². The zero-order valence-corrected chi connectivity index (χ0v) is 13.8. The molecule has 20 heavy (non-hydrogen) atoms. The normalized spacial score (nSPS) is 23.6. The van der Waals surface area contributed by atoms with E-state index in [1.807, 2.05) is 13.8 Å². The first-order chi connectivity index (χ1) is 9.14. The van der Waals surface area contributed by atoms with Crippen LogP contribution in [-0.2, 0) is 9.47 Å². The van der Waals surface area contributed by atoms with Crippen molar-refractivity contribution in [2.45, 2.75) is 51.4 Å². The molecule has 0 spiro atoms. The number of rotatable bonds is 3. The number of carbonyl (C=O) groups is 1. The molecule has 112 valence electrons. The number of hydrogen-bond acceptors (Lipinski definition) is 6. The molecular weight excluding hydrogens is 300 g/mol. The number of halogens is 1. The van der Waals surface area contributed by atoms with Crippen molar-refractivity contribution in [1.29, 1.82) is 0 Å². The zero-order valence-electron chi connectivity index (χ0n) is 12.2. The van der Waals surface area contributed by atoms with Crippen molar-refractivity contribution in [3.8, 4) is 0 Å². The summed E-state index contributed by atoms with van der Waals surface area (Å²) in [4.78, 5) is 16.0. The highest BCUT2D eigenvalue weighted by molar-refractivity contribution is 7.18. The molecule has 0 saturated carbocycles. The Hall–Kier alpha value is -0.850. The summed E-state index contributed by atoms with van der Waals surface area (Å²) in [6, 6.07) is 0.102. The van der Waals surface area contributed by atoms with Crippen LogP contribution >= 0.6 is 22.9 Å². The first-order valence-electron chi connectivity index (χ1n) is 6.36. The van der Waals surface area contributed by atoms with Crippen LogP contribution in [0.1, 0.15) is 43.8 Å². The Balaban J connectivity index is 2.17. The van der Waals surface area contributed by atoms with Crippen LogP contribution in [0, 0.1) is 0 Å². The molecule has 1 N–H and O–H groups in total. The van der Waals surface area contributed by atoms with E-state index in [9.17, 15) is 4.79 Å². The van der Waals surface area contributed by atoms with Gasteiger partial charge in [-0.25, -0.2) is 9.78 Å². The van der Waals surface area contributed by atoms with E-state index in [0.717, 1.165) is 6.42 Å². The predicted octanol–water partition coefficient (Wildman–Crippen LogP) is 3.34. The smallest absolute Gasteiger partial charge is 0.351 e. The fraction of sp³-hybridized carbons (Fsp3) is 0.692. The Bertz CT molecular complexity index is 528. The summed E-state index contributed by atoms with van der Waals surface area (Å²) >= 11 is 7.15. The summed E-state index contributed by atoms with van der Waals surface area (Å²) in [6.07, 6.45) is 0.852. The van der Waals surface area contributed by atoms with E-state index in [2.05, 4.69) is 28.9 Å². The SMILES string of the molecule is COC(=O)c1sc(NC2CC(C)(C)OC2(C)C)nc1Cl. The van der Waals surface area contributed by atoms with Crippen LogP contribution in [0.4, 0.5) is 5.13 Å². The van der Waals surface area contributed by atoms with E-state index in [1.54, 1.807) is 0 Å². The molecule has 0 aliphatic carbocycles. The highest BCUT2D eigenvalue weighted by atomic mass is 35.5. The number of methoxy groups -OCH3 is 1. The second-order valence-electron chi connectivity index (χ2n) is 6.00. The maximum absolute atomic E-state index is 11.5. The average molecular weight is 319 g/mol. The van der Waals surface area contributed by atoms with Gasteiger partial charge in [-0.1, -0.05) is 22.9 Å². The Morgan fingerprint density at radius 1 is 1.50 bits per heavy atom. The van der Waals surface area contributed by atoms with Gasteiger partial charge >= 0.3 is 5.97 Å². The Morgan fingerprint density at radius 2 is 2.15 bits per heavy atom. The molecule has 1 aromatic heterocycles. The second kappa shape index (κ2) is 5.16. The van der Waals surface area contributed by atoms with E-state index in [1.165, 1.54) is 18.4 Å². The third kappa shape index (κ3) is 3.07. The van der Waals surface area contributed by atoms with Crippen molar-refractivity contribution >= 4 is 34.0 Å². The van der Waals surface area contributed by atoms with Crippen molar-refractivity contribution in [1.82, 2.24) is 4.98 Å². The Morgan fingerprint density at radius 3 is 2.65 bits per heavy atom. The monoisotopic (exact) mass is 318 g/mol. The molecule has 0 amide bonds. The van der Waals surface area contributed by atoms with Crippen LogP contribution in [0.2, 0.25) is 5.15 Å². The summed E-state index contributed by atoms with van der Waals surface area (Å²) in [5.74, 6) is -0.470. The molecule has 0 aromatic carbocycles. The average Bonchev–Trinajstić information content (AvgIpc) is 2.75. The summed E-state index contributed by atoms with van der Waals surface area (Å²) in [6.45, 7) is 8.20. The van der Waals surface area contributed by atoms with Crippen molar-refractivity contribution in [2.24, 2.45) is 0 Å². The van der Waals surface area contributed by atoms with Crippen LogP contribution < -0.4 is 5.32 Å². The first-order valence-corrected chi connectivity index (χ1v) is 7.55. The summed E-state index contributed by atoms with van der Waals surface area (Å²) < 4.78 is 10.7. The molecule has 1 aliphatic rings. The van der Waals surface area contributed by atoms with E-state index < -0.39 is 5.97 Å². The van der Waals surface area contributed by atoms with Crippen molar-refractivity contribution < 1.29 is 14.3 Å². The number of thiazole rings is 1. The number of anilines is 1. The van der Waals surface area contributed by atoms with Gasteiger partial charge in [-0.15, -0.1) is 0 Å². The fourth-order valence-electron chi connectivity index (χ4n) is 2.52. The van der Waals surface area contributed by atoms with E-state index in [0.29, 0.717) is 10.0 Å². The number of ether oxygens (including phenoxy) is 2. The minimum Gasteiger partial charge on any atom is -0.465 e. The minimum absolute atomic E-state index is 0.102. The largest absolute Gasteiger partial charge is 0.465 e. The number of nitrogens with zero attached hydrogens (tertiary/aromatic N) is 1. The lowest BCUT2D eigenvalue weighted by Crippen LogP contribution is -2.38. The molecule has 1 aliphatic heterocycles. The first kappa shape index (κ1) is 15.5. The van der Waals surface area contributed by atoms with Gasteiger partial charge in [0.2, 0.25) is 0 Å².